The second-order valence-electron chi connectivity index (χ2n) is 9.14. The van der Waals surface area contributed by atoms with Gasteiger partial charge in [-0.15, -0.1) is 5.10 Å². The first-order chi connectivity index (χ1) is 18.7. The van der Waals surface area contributed by atoms with E-state index in [1.165, 1.54) is 27.8 Å². The number of ether oxygens (including phenoxy) is 1. The predicted octanol–water partition coefficient (Wildman–Crippen LogP) is 2.47. The average molecular weight is 573 g/mol. The third kappa shape index (κ3) is 5.69. The van der Waals surface area contributed by atoms with Gasteiger partial charge in [0.25, 0.3) is 0 Å². The largest absolute Gasteiger partial charge is 0.385 e. The Morgan fingerprint density at radius 2 is 2.03 bits per heavy atom. The molecule has 0 aliphatic carbocycles. The van der Waals surface area contributed by atoms with Crippen LogP contribution in [0.15, 0.2) is 48.8 Å². The maximum absolute atomic E-state index is 13.5. The van der Waals surface area contributed by atoms with Gasteiger partial charge in [0.05, 0.1) is 36.2 Å². The third-order valence-corrected chi connectivity index (χ3v) is 6.87. The monoisotopic (exact) mass is 572 g/mol. The van der Waals surface area contributed by atoms with Crippen molar-refractivity contribution in [3.63, 3.8) is 0 Å². The molecule has 2 N–H and O–H groups in total. The number of anilines is 2. The lowest BCUT2D eigenvalue weighted by atomic mass is 10.1. The number of methoxy groups -OCH3 is 1. The van der Waals surface area contributed by atoms with E-state index in [1.54, 1.807) is 28.9 Å². The van der Waals surface area contributed by atoms with Crippen LogP contribution in [0.2, 0.25) is 10.2 Å². The van der Waals surface area contributed by atoms with Crippen molar-refractivity contribution in [1.29, 1.82) is 0 Å². The molecule has 4 aromatic rings. The SMILES string of the molecule is COCC[C@@H](C(=O)Nc1ccc2nn(C)cc2c1)N1CC(O)N(c2cc(Cl)ccc2-n2cc(Cl)nn2)CC1=O. The highest BCUT2D eigenvalue weighted by molar-refractivity contribution is 6.31. The second-order valence-corrected chi connectivity index (χ2v) is 9.96. The Labute approximate surface area is 233 Å². The first kappa shape index (κ1) is 26.9. The van der Waals surface area contributed by atoms with Crippen molar-refractivity contribution in [2.24, 2.45) is 7.05 Å². The third-order valence-electron chi connectivity index (χ3n) is 6.47. The Balaban J connectivity index is 1.38. The fourth-order valence-corrected chi connectivity index (χ4v) is 4.95. The molecule has 3 heterocycles. The molecule has 2 atom stereocenters. The topological polar surface area (TPSA) is 131 Å². The number of nitrogens with zero attached hydrogens (tertiary/aromatic N) is 7. The van der Waals surface area contributed by atoms with Gasteiger partial charge in [0.1, 0.15) is 12.3 Å². The number of benzene rings is 2. The second kappa shape index (κ2) is 11.2. The van der Waals surface area contributed by atoms with E-state index < -0.39 is 12.3 Å². The zero-order valence-corrected chi connectivity index (χ0v) is 22.7. The molecule has 1 unspecified atom stereocenters. The first-order valence-electron chi connectivity index (χ1n) is 12.1. The molecule has 204 valence electrons. The highest BCUT2D eigenvalue weighted by Gasteiger charge is 2.38. The lowest BCUT2D eigenvalue weighted by molar-refractivity contribution is -0.142. The van der Waals surface area contributed by atoms with E-state index in [0.29, 0.717) is 22.1 Å². The van der Waals surface area contributed by atoms with Gasteiger partial charge in [-0.2, -0.15) is 5.10 Å². The van der Waals surface area contributed by atoms with E-state index in [0.717, 1.165) is 10.9 Å². The van der Waals surface area contributed by atoms with Crippen LogP contribution in [0, 0.1) is 0 Å². The first-order valence-corrected chi connectivity index (χ1v) is 12.8. The standard InChI is InChI=1S/C25H26Cl2N8O4/c1-32-11-15-9-17(4-5-18(15)30-32)28-25(38)20(7-8-39-2)33-13-24(37)34(14-23(33)36)21-10-16(26)3-6-19(21)35-12-22(27)29-31-35/h3-6,9-12,20,24,37H,7-8,13-14H2,1-2H3,(H,28,38)/t20-,24?/m0/s1. The van der Waals surface area contributed by atoms with Crippen molar-refractivity contribution < 1.29 is 19.4 Å². The maximum Gasteiger partial charge on any atom is 0.247 e. The van der Waals surface area contributed by atoms with Crippen molar-refractivity contribution in [1.82, 2.24) is 29.7 Å². The molecule has 2 aromatic heterocycles. The summed E-state index contributed by atoms with van der Waals surface area (Å²) in [5.41, 5.74) is 2.37. The Morgan fingerprint density at radius 1 is 1.21 bits per heavy atom. The molecule has 1 aliphatic heterocycles. The Hall–Kier alpha value is -3.71. The molecule has 0 bridgehead atoms. The zero-order valence-electron chi connectivity index (χ0n) is 21.2. The number of fused-ring (bicyclic) bond motifs is 1. The number of hydrogen-bond donors (Lipinski definition) is 2. The molecule has 1 aliphatic rings. The molecule has 12 nitrogen and oxygen atoms in total. The maximum atomic E-state index is 13.5. The number of β-amino-alcohol motifs (C(OH)–C–C–N with tert-alkyl or cyclic N) is 1. The number of aryl methyl sites for hydroxylation is 1. The molecule has 0 saturated carbocycles. The summed E-state index contributed by atoms with van der Waals surface area (Å²) in [4.78, 5) is 29.8. The summed E-state index contributed by atoms with van der Waals surface area (Å²) in [6.45, 7) is -0.0729. The minimum Gasteiger partial charge on any atom is -0.385 e. The molecule has 0 radical (unpaired) electrons. The van der Waals surface area contributed by atoms with Crippen molar-refractivity contribution in [3.8, 4) is 5.69 Å². The van der Waals surface area contributed by atoms with Gasteiger partial charge in [-0.25, -0.2) is 4.68 Å². The highest BCUT2D eigenvalue weighted by atomic mass is 35.5. The Bertz CT molecular complexity index is 1520. The van der Waals surface area contributed by atoms with Crippen LogP contribution in [0.4, 0.5) is 11.4 Å². The van der Waals surface area contributed by atoms with Crippen LogP contribution >= 0.6 is 23.2 Å². The van der Waals surface area contributed by atoms with Crippen molar-refractivity contribution in [2.75, 3.05) is 37.0 Å². The van der Waals surface area contributed by atoms with Crippen LogP contribution in [0.5, 0.6) is 0 Å². The number of aromatic nitrogens is 5. The van der Waals surface area contributed by atoms with E-state index in [9.17, 15) is 14.7 Å². The number of halogens is 2. The van der Waals surface area contributed by atoms with Gasteiger partial charge in [-0.1, -0.05) is 28.4 Å². The molecule has 39 heavy (non-hydrogen) atoms. The van der Waals surface area contributed by atoms with Crippen LogP contribution in [-0.2, 0) is 21.4 Å². The number of amides is 2. The molecular formula is C25H26Cl2N8O4. The lowest BCUT2D eigenvalue weighted by Crippen LogP contribution is -2.61. The summed E-state index contributed by atoms with van der Waals surface area (Å²) >= 11 is 12.2. The van der Waals surface area contributed by atoms with Gasteiger partial charge < -0.3 is 25.0 Å². The van der Waals surface area contributed by atoms with E-state index in [2.05, 4.69) is 20.7 Å². The van der Waals surface area contributed by atoms with E-state index in [1.807, 2.05) is 25.4 Å². The summed E-state index contributed by atoms with van der Waals surface area (Å²) in [7, 11) is 3.35. The van der Waals surface area contributed by atoms with E-state index in [-0.39, 0.29) is 43.1 Å². The Kier molecular flexibility index (Phi) is 7.71. The highest BCUT2D eigenvalue weighted by Crippen LogP contribution is 2.31. The number of aliphatic hydroxyl groups is 1. The van der Waals surface area contributed by atoms with Gasteiger partial charge >= 0.3 is 0 Å². The number of aliphatic hydroxyl groups excluding tert-OH is 1. The number of hydrogen-bond acceptors (Lipinski definition) is 8. The molecule has 1 saturated heterocycles. The number of piperazine rings is 1. The number of nitrogens with one attached hydrogen (secondary N) is 1. The van der Waals surface area contributed by atoms with Crippen molar-refractivity contribution >= 4 is 57.3 Å². The Morgan fingerprint density at radius 3 is 2.77 bits per heavy atom. The summed E-state index contributed by atoms with van der Waals surface area (Å²) in [5, 5.41) is 27.7. The van der Waals surface area contributed by atoms with Crippen LogP contribution in [0.3, 0.4) is 0 Å². The number of carbonyl (C=O) groups excluding carboxylic acids is 2. The molecule has 0 spiro atoms. The predicted molar refractivity (Wildman–Crippen MR) is 146 cm³/mol. The van der Waals surface area contributed by atoms with Gasteiger partial charge in [-0.05, 0) is 36.4 Å². The van der Waals surface area contributed by atoms with Crippen LogP contribution in [0.1, 0.15) is 6.42 Å². The fraction of sp³-hybridized carbons (Fsp3) is 0.320. The quantitative estimate of drug-likeness (QED) is 0.329. The fourth-order valence-electron chi connectivity index (χ4n) is 4.66. The molecule has 2 amide bonds. The molecule has 1 fully saturated rings. The van der Waals surface area contributed by atoms with Crippen LogP contribution in [0.25, 0.3) is 16.6 Å². The summed E-state index contributed by atoms with van der Waals surface area (Å²) in [6.07, 6.45) is 2.47. The molecule has 5 rings (SSSR count). The normalized spacial score (nSPS) is 16.6. The van der Waals surface area contributed by atoms with Gasteiger partial charge in [-0.3, -0.25) is 14.3 Å². The summed E-state index contributed by atoms with van der Waals surface area (Å²) in [6, 6.07) is 9.50. The minimum atomic E-state index is -1.14. The number of rotatable bonds is 8. The van der Waals surface area contributed by atoms with E-state index in [4.69, 9.17) is 27.9 Å². The van der Waals surface area contributed by atoms with Crippen LogP contribution in [-0.4, -0.2) is 85.7 Å². The molecule has 14 heteroatoms. The van der Waals surface area contributed by atoms with Crippen molar-refractivity contribution in [3.05, 3.63) is 59.0 Å². The lowest BCUT2D eigenvalue weighted by Gasteiger charge is -2.42. The van der Waals surface area contributed by atoms with Crippen molar-refractivity contribution in [2.45, 2.75) is 18.7 Å². The van der Waals surface area contributed by atoms with E-state index >= 15 is 0 Å². The van der Waals surface area contributed by atoms with Crippen LogP contribution < -0.4 is 10.2 Å². The summed E-state index contributed by atoms with van der Waals surface area (Å²) in [5.74, 6) is -0.730. The minimum absolute atomic E-state index is 0.119. The molecular weight excluding hydrogens is 547 g/mol. The van der Waals surface area contributed by atoms with Gasteiger partial charge in [0, 0.05) is 49.5 Å². The smallest absolute Gasteiger partial charge is 0.247 e. The zero-order chi connectivity index (χ0) is 27.7. The van der Waals surface area contributed by atoms with Gasteiger partial charge in [0.15, 0.2) is 5.15 Å². The average Bonchev–Trinajstić information content (AvgIpc) is 3.50. The number of carbonyl (C=O) groups is 2. The molecule has 2 aromatic carbocycles. The summed E-state index contributed by atoms with van der Waals surface area (Å²) < 4.78 is 8.34. The van der Waals surface area contributed by atoms with Gasteiger partial charge in [0.2, 0.25) is 11.8 Å².